The number of amides is 2. The van der Waals surface area contributed by atoms with Crippen LogP contribution in [0, 0.1) is 0 Å². The number of nitrogens with zero attached hydrogens (tertiary/aromatic N) is 2. The molecule has 3 rings (SSSR count). The lowest BCUT2D eigenvalue weighted by Crippen LogP contribution is -2.33. The molecule has 0 aliphatic rings. The van der Waals surface area contributed by atoms with Gasteiger partial charge in [0.25, 0.3) is 5.91 Å². The van der Waals surface area contributed by atoms with Crippen molar-refractivity contribution in [3.8, 4) is 11.5 Å². The average Bonchev–Trinajstić information content (AvgIpc) is 3.12. The molecule has 0 saturated carbocycles. The second-order valence-electron chi connectivity index (χ2n) is 6.74. The van der Waals surface area contributed by atoms with Gasteiger partial charge < -0.3 is 24.1 Å². The highest BCUT2D eigenvalue weighted by Crippen LogP contribution is 2.28. The lowest BCUT2D eigenvalue weighted by atomic mass is 10.2. The number of halogens is 1. The van der Waals surface area contributed by atoms with Gasteiger partial charge in [0, 0.05) is 24.2 Å². The summed E-state index contributed by atoms with van der Waals surface area (Å²) >= 11 is 6.06. The first-order chi connectivity index (χ1) is 15.5. The summed E-state index contributed by atoms with van der Waals surface area (Å²) in [5.74, 6) is 0.493. The molecule has 0 aliphatic heterocycles. The Morgan fingerprint density at radius 2 is 1.94 bits per heavy atom. The summed E-state index contributed by atoms with van der Waals surface area (Å²) in [4.78, 5) is 29.4. The van der Waals surface area contributed by atoms with Gasteiger partial charge >= 0.3 is 0 Å². The van der Waals surface area contributed by atoms with Crippen molar-refractivity contribution in [3.63, 3.8) is 0 Å². The van der Waals surface area contributed by atoms with Gasteiger partial charge in [0.15, 0.2) is 11.5 Å². The molecule has 0 radical (unpaired) electrons. The van der Waals surface area contributed by atoms with Crippen LogP contribution in [-0.2, 0) is 16.1 Å². The maximum absolute atomic E-state index is 12.5. The molecule has 10 heteroatoms. The third-order valence-electron chi connectivity index (χ3n) is 4.62. The topological polar surface area (TPSA) is 104 Å². The molecule has 0 aliphatic carbocycles. The fourth-order valence-corrected chi connectivity index (χ4v) is 3.29. The van der Waals surface area contributed by atoms with Crippen LogP contribution in [0.3, 0.4) is 0 Å². The maximum atomic E-state index is 12.5. The first-order valence-corrected chi connectivity index (χ1v) is 10.4. The van der Waals surface area contributed by atoms with Crippen LogP contribution in [0.5, 0.6) is 11.5 Å². The van der Waals surface area contributed by atoms with E-state index < -0.39 is 11.8 Å². The minimum Gasteiger partial charge on any atom is -0.493 e. The van der Waals surface area contributed by atoms with E-state index >= 15 is 0 Å². The Kier molecular flexibility index (Phi) is 7.91. The van der Waals surface area contributed by atoms with Crippen LogP contribution < -0.4 is 20.1 Å². The summed E-state index contributed by atoms with van der Waals surface area (Å²) < 4.78 is 17.7. The number of rotatable bonds is 10. The number of aromatic nitrogens is 2. The Balaban J connectivity index is 1.68. The maximum Gasteiger partial charge on any atom is 0.251 e. The molecule has 2 aromatic carbocycles. The van der Waals surface area contributed by atoms with E-state index in [0.29, 0.717) is 53.3 Å². The van der Waals surface area contributed by atoms with Gasteiger partial charge in [-0.3, -0.25) is 14.9 Å². The predicted molar refractivity (Wildman–Crippen MR) is 122 cm³/mol. The Hall–Kier alpha value is -3.30. The van der Waals surface area contributed by atoms with Crippen LogP contribution in [0.4, 0.5) is 5.95 Å². The standard InChI is InChI=1S/C22H25ClN4O5/c1-4-32-18-8-5-14(11-19(18)31-3)21(29)24-13-20(28)26-22-25-16-12-15(23)6-7-17(16)27(22)9-10-30-2/h5-8,11-12H,4,9-10,13H2,1-3H3,(H,24,29)(H,25,26,28). The third kappa shape index (κ3) is 5.49. The molecule has 1 aromatic heterocycles. The van der Waals surface area contributed by atoms with Crippen molar-refractivity contribution in [2.24, 2.45) is 0 Å². The molecule has 0 unspecified atom stereocenters. The number of anilines is 1. The molecule has 3 aromatic rings. The highest BCUT2D eigenvalue weighted by Gasteiger charge is 2.16. The van der Waals surface area contributed by atoms with E-state index in [0.717, 1.165) is 5.52 Å². The second kappa shape index (κ2) is 10.8. The number of benzene rings is 2. The number of fused-ring (bicyclic) bond motifs is 1. The van der Waals surface area contributed by atoms with E-state index in [2.05, 4.69) is 15.6 Å². The highest BCUT2D eigenvalue weighted by molar-refractivity contribution is 6.31. The van der Waals surface area contributed by atoms with Gasteiger partial charge in [-0.25, -0.2) is 4.98 Å². The van der Waals surface area contributed by atoms with E-state index in [9.17, 15) is 9.59 Å². The smallest absolute Gasteiger partial charge is 0.251 e. The quantitative estimate of drug-likeness (QED) is 0.482. The molecule has 0 saturated heterocycles. The van der Waals surface area contributed by atoms with Gasteiger partial charge in [-0.1, -0.05) is 11.6 Å². The van der Waals surface area contributed by atoms with Crippen LogP contribution in [0.2, 0.25) is 5.02 Å². The van der Waals surface area contributed by atoms with Crippen molar-refractivity contribution < 1.29 is 23.8 Å². The average molecular weight is 461 g/mol. The second-order valence-corrected chi connectivity index (χ2v) is 7.18. The Morgan fingerprint density at radius 1 is 1.12 bits per heavy atom. The normalized spacial score (nSPS) is 10.8. The SMILES string of the molecule is CCOc1ccc(C(=O)NCC(=O)Nc2nc3cc(Cl)ccc3n2CCOC)cc1OC. The number of hydrogen-bond donors (Lipinski definition) is 2. The zero-order valence-electron chi connectivity index (χ0n) is 18.1. The molecule has 2 amide bonds. The Bertz CT molecular complexity index is 1120. The Labute approximate surface area is 190 Å². The van der Waals surface area contributed by atoms with Crippen LogP contribution in [0.15, 0.2) is 36.4 Å². The van der Waals surface area contributed by atoms with Gasteiger partial charge in [0.1, 0.15) is 0 Å². The molecule has 0 atom stereocenters. The first-order valence-electron chi connectivity index (χ1n) is 10.0. The van der Waals surface area contributed by atoms with Gasteiger partial charge in [-0.2, -0.15) is 0 Å². The van der Waals surface area contributed by atoms with Gasteiger partial charge in [0.05, 0.1) is 37.9 Å². The monoisotopic (exact) mass is 460 g/mol. The third-order valence-corrected chi connectivity index (χ3v) is 4.85. The summed E-state index contributed by atoms with van der Waals surface area (Å²) in [5.41, 5.74) is 1.81. The number of hydrogen-bond acceptors (Lipinski definition) is 6. The van der Waals surface area contributed by atoms with Crippen molar-refractivity contribution in [2.75, 3.05) is 39.3 Å². The van der Waals surface area contributed by atoms with E-state index in [4.69, 9.17) is 25.8 Å². The van der Waals surface area contributed by atoms with E-state index in [1.165, 1.54) is 7.11 Å². The zero-order valence-corrected chi connectivity index (χ0v) is 18.9. The lowest BCUT2D eigenvalue weighted by molar-refractivity contribution is -0.115. The van der Waals surface area contributed by atoms with Crippen LogP contribution in [0.25, 0.3) is 11.0 Å². The predicted octanol–water partition coefficient (Wildman–Crippen LogP) is 3.11. The van der Waals surface area contributed by atoms with Crippen molar-refractivity contribution in [3.05, 3.63) is 47.0 Å². The summed E-state index contributed by atoms with van der Waals surface area (Å²) in [6.45, 7) is 3.03. The number of ether oxygens (including phenoxy) is 3. The van der Waals surface area contributed by atoms with Crippen molar-refractivity contribution in [1.29, 1.82) is 0 Å². The number of carbonyl (C=O) groups excluding carboxylic acids is 2. The molecular formula is C22H25ClN4O5. The minimum absolute atomic E-state index is 0.234. The summed E-state index contributed by atoms with van der Waals surface area (Å²) in [6, 6.07) is 10.1. The lowest BCUT2D eigenvalue weighted by Gasteiger charge is -2.12. The van der Waals surface area contributed by atoms with Crippen LogP contribution in [-0.4, -0.2) is 55.3 Å². The van der Waals surface area contributed by atoms with Crippen molar-refractivity contribution in [1.82, 2.24) is 14.9 Å². The van der Waals surface area contributed by atoms with Crippen molar-refractivity contribution in [2.45, 2.75) is 13.5 Å². The first kappa shape index (κ1) is 23.4. The summed E-state index contributed by atoms with van der Waals surface area (Å²) in [5, 5.41) is 5.88. The number of nitrogens with one attached hydrogen (secondary N) is 2. The van der Waals surface area contributed by atoms with Crippen LogP contribution in [0.1, 0.15) is 17.3 Å². The molecule has 32 heavy (non-hydrogen) atoms. The number of methoxy groups -OCH3 is 2. The minimum atomic E-state index is -0.420. The largest absolute Gasteiger partial charge is 0.493 e. The summed E-state index contributed by atoms with van der Waals surface area (Å²) in [6.07, 6.45) is 0. The molecule has 0 spiro atoms. The fraction of sp³-hybridized carbons (Fsp3) is 0.318. The zero-order chi connectivity index (χ0) is 23.1. The van der Waals surface area contributed by atoms with Crippen LogP contribution >= 0.6 is 11.6 Å². The van der Waals surface area contributed by atoms with E-state index in [-0.39, 0.29) is 6.54 Å². The van der Waals surface area contributed by atoms with E-state index in [1.54, 1.807) is 37.4 Å². The Morgan fingerprint density at radius 3 is 2.66 bits per heavy atom. The molecule has 1 heterocycles. The molecule has 2 N–H and O–H groups in total. The van der Waals surface area contributed by atoms with Crippen molar-refractivity contribution >= 4 is 40.4 Å². The van der Waals surface area contributed by atoms with Gasteiger partial charge in [-0.15, -0.1) is 0 Å². The molecule has 170 valence electrons. The molecule has 9 nitrogen and oxygen atoms in total. The molecular weight excluding hydrogens is 436 g/mol. The fourth-order valence-electron chi connectivity index (χ4n) is 3.12. The number of imidazole rings is 1. The highest BCUT2D eigenvalue weighted by atomic mass is 35.5. The molecule has 0 fully saturated rings. The van der Waals surface area contributed by atoms with E-state index in [1.807, 2.05) is 17.6 Å². The molecule has 0 bridgehead atoms. The van der Waals surface area contributed by atoms with Gasteiger partial charge in [0.2, 0.25) is 11.9 Å². The summed E-state index contributed by atoms with van der Waals surface area (Å²) in [7, 11) is 3.09. The number of carbonyl (C=O) groups is 2. The van der Waals surface area contributed by atoms with Gasteiger partial charge in [-0.05, 0) is 43.3 Å².